The molecule has 3 rings (SSSR count). The molecule has 0 atom stereocenters. The normalized spacial score (nSPS) is 19.2. The predicted octanol–water partition coefficient (Wildman–Crippen LogP) is 2.52. The summed E-state index contributed by atoms with van der Waals surface area (Å²) in [6.07, 6.45) is 3.45. The molecule has 5 heteroatoms. The Hall–Kier alpha value is -1.88. The highest BCUT2D eigenvalue weighted by Gasteiger charge is 2.38. The molecule has 26 heavy (non-hydrogen) atoms. The molecule has 1 spiro atoms. The summed E-state index contributed by atoms with van der Waals surface area (Å²) < 4.78 is 0. The van der Waals surface area contributed by atoms with Crippen LogP contribution in [0.25, 0.3) is 0 Å². The van der Waals surface area contributed by atoms with E-state index >= 15 is 0 Å². The average molecular weight is 357 g/mol. The summed E-state index contributed by atoms with van der Waals surface area (Å²) in [5.74, 6) is 0.260. The van der Waals surface area contributed by atoms with Crippen LogP contribution in [0.5, 0.6) is 0 Å². The number of amides is 2. The number of likely N-dealkylation sites (tertiary alicyclic amines) is 1. The van der Waals surface area contributed by atoms with Gasteiger partial charge in [0.15, 0.2) is 0 Å². The molecule has 5 nitrogen and oxygen atoms in total. The number of carbonyl (C=O) groups excluding carboxylic acids is 2. The van der Waals surface area contributed by atoms with Crippen LogP contribution in [0.3, 0.4) is 0 Å². The Bertz CT molecular complexity index is 638. The molecule has 1 aromatic carbocycles. The van der Waals surface area contributed by atoms with Crippen molar-refractivity contribution in [3.63, 3.8) is 0 Å². The van der Waals surface area contributed by atoms with E-state index in [1.54, 1.807) is 4.90 Å². The van der Waals surface area contributed by atoms with Crippen molar-refractivity contribution >= 4 is 11.8 Å². The molecule has 2 aliphatic rings. The Kier molecular flexibility index (Phi) is 5.66. The molecule has 2 amide bonds. The first-order chi connectivity index (χ1) is 12.4. The second kappa shape index (κ2) is 7.78. The van der Waals surface area contributed by atoms with Gasteiger partial charge in [-0.25, -0.2) is 0 Å². The van der Waals surface area contributed by atoms with Crippen LogP contribution < -0.4 is 5.32 Å². The van der Waals surface area contributed by atoms with E-state index in [2.05, 4.69) is 5.32 Å². The Morgan fingerprint density at radius 1 is 1.15 bits per heavy atom. The van der Waals surface area contributed by atoms with Crippen LogP contribution in [0.15, 0.2) is 24.3 Å². The van der Waals surface area contributed by atoms with Crippen LogP contribution in [0, 0.1) is 11.3 Å². The largest absolute Gasteiger partial charge is 0.341 e. The number of carbonyl (C=O) groups is 2. The quantitative estimate of drug-likeness (QED) is 0.901. The molecule has 1 aromatic rings. The molecule has 0 unspecified atom stereocenters. The second-order valence-corrected chi connectivity index (χ2v) is 8.26. The van der Waals surface area contributed by atoms with Crippen molar-refractivity contribution in [2.45, 2.75) is 39.7 Å². The number of nitrogens with one attached hydrogen (secondary N) is 1. The molecule has 2 heterocycles. The number of rotatable bonds is 4. The highest BCUT2D eigenvalue weighted by molar-refractivity contribution is 5.94. The van der Waals surface area contributed by atoms with Crippen LogP contribution >= 0.6 is 0 Å². The van der Waals surface area contributed by atoms with Crippen LogP contribution in [-0.2, 0) is 11.3 Å². The van der Waals surface area contributed by atoms with Gasteiger partial charge >= 0.3 is 0 Å². The summed E-state index contributed by atoms with van der Waals surface area (Å²) in [6.45, 7) is 8.32. The van der Waals surface area contributed by atoms with E-state index in [-0.39, 0.29) is 17.7 Å². The van der Waals surface area contributed by atoms with Gasteiger partial charge in [0.25, 0.3) is 5.91 Å². The molecule has 0 saturated carbocycles. The first-order valence-corrected chi connectivity index (χ1v) is 9.74. The molecule has 2 fully saturated rings. The predicted molar refractivity (Wildman–Crippen MR) is 103 cm³/mol. The SMILES string of the molecule is CC(C)C(=O)N(C)Cc1ccc(C(=O)N2CCC3(CCNC3)CC2)cc1. The Balaban J connectivity index is 1.56. The zero-order chi connectivity index (χ0) is 18.7. The van der Waals surface area contributed by atoms with E-state index in [1.807, 2.05) is 50.1 Å². The first kappa shape index (κ1) is 18.9. The first-order valence-electron chi connectivity index (χ1n) is 9.74. The Morgan fingerprint density at radius 3 is 2.35 bits per heavy atom. The highest BCUT2D eigenvalue weighted by atomic mass is 16.2. The Morgan fingerprint density at radius 2 is 1.81 bits per heavy atom. The summed E-state index contributed by atoms with van der Waals surface area (Å²) in [5, 5.41) is 3.46. The molecule has 2 aliphatic heterocycles. The van der Waals surface area contributed by atoms with Gasteiger partial charge in [-0.1, -0.05) is 26.0 Å². The van der Waals surface area contributed by atoms with Crippen LogP contribution in [-0.4, -0.2) is 54.8 Å². The Labute approximate surface area is 156 Å². The highest BCUT2D eigenvalue weighted by Crippen LogP contribution is 2.37. The van der Waals surface area contributed by atoms with E-state index < -0.39 is 0 Å². The van der Waals surface area contributed by atoms with Gasteiger partial charge in [-0.15, -0.1) is 0 Å². The third-order valence-corrected chi connectivity index (χ3v) is 5.93. The maximum absolute atomic E-state index is 12.8. The van der Waals surface area contributed by atoms with Gasteiger partial charge in [0, 0.05) is 44.7 Å². The zero-order valence-electron chi connectivity index (χ0n) is 16.3. The van der Waals surface area contributed by atoms with Gasteiger partial charge in [-0.2, -0.15) is 0 Å². The number of hydrogen-bond donors (Lipinski definition) is 1. The summed E-state index contributed by atoms with van der Waals surface area (Å²) in [5.41, 5.74) is 2.22. The lowest BCUT2D eigenvalue weighted by molar-refractivity contribution is -0.133. The molecule has 1 N–H and O–H groups in total. The topological polar surface area (TPSA) is 52.7 Å². The number of piperidine rings is 1. The number of nitrogens with zero attached hydrogens (tertiary/aromatic N) is 2. The minimum Gasteiger partial charge on any atom is -0.341 e. The summed E-state index contributed by atoms with van der Waals surface area (Å²) in [4.78, 5) is 28.5. The number of benzene rings is 1. The molecule has 2 saturated heterocycles. The zero-order valence-corrected chi connectivity index (χ0v) is 16.3. The van der Waals surface area contributed by atoms with Gasteiger partial charge < -0.3 is 15.1 Å². The summed E-state index contributed by atoms with van der Waals surface area (Å²) in [7, 11) is 1.82. The lowest BCUT2D eigenvalue weighted by atomic mass is 9.78. The average Bonchev–Trinajstić information content (AvgIpc) is 3.09. The van der Waals surface area contributed by atoms with Crippen molar-refractivity contribution < 1.29 is 9.59 Å². The number of hydrogen-bond acceptors (Lipinski definition) is 3. The van der Waals surface area contributed by atoms with Gasteiger partial charge in [0.05, 0.1) is 0 Å². The molecule has 0 bridgehead atoms. The maximum Gasteiger partial charge on any atom is 0.253 e. The fourth-order valence-electron chi connectivity index (χ4n) is 4.13. The smallest absolute Gasteiger partial charge is 0.253 e. The van der Waals surface area contributed by atoms with Crippen molar-refractivity contribution in [3.8, 4) is 0 Å². The van der Waals surface area contributed by atoms with Crippen molar-refractivity contribution in [1.82, 2.24) is 15.1 Å². The van der Waals surface area contributed by atoms with E-state index in [4.69, 9.17) is 0 Å². The molecule has 0 aromatic heterocycles. The minimum absolute atomic E-state index is 0.00156. The molecule has 0 aliphatic carbocycles. The summed E-state index contributed by atoms with van der Waals surface area (Å²) in [6, 6.07) is 7.72. The second-order valence-electron chi connectivity index (χ2n) is 8.26. The van der Waals surface area contributed by atoms with Crippen molar-refractivity contribution in [1.29, 1.82) is 0 Å². The van der Waals surface area contributed by atoms with Gasteiger partial charge in [0.2, 0.25) is 5.91 Å². The van der Waals surface area contributed by atoms with Crippen LogP contribution in [0.2, 0.25) is 0 Å². The molecular weight excluding hydrogens is 326 g/mol. The molecule has 142 valence electrons. The van der Waals surface area contributed by atoms with E-state index in [0.29, 0.717) is 12.0 Å². The standard InChI is InChI=1S/C21H31N3O2/c1-16(2)19(25)23(3)14-17-4-6-18(7-5-17)20(26)24-12-9-21(10-13-24)8-11-22-15-21/h4-7,16,22H,8-15H2,1-3H3. The lowest BCUT2D eigenvalue weighted by Crippen LogP contribution is -2.44. The van der Waals surface area contributed by atoms with Crippen molar-refractivity contribution in [2.24, 2.45) is 11.3 Å². The van der Waals surface area contributed by atoms with Crippen LogP contribution in [0.1, 0.15) is 49.0 Å². The fourth-order valence-corrected chi connectivity index (χ4v) is 4.13. The van der Waals surface area contributed by atoms with E-state index in [9.17, 15) is 9.59 Å². The molecular formula is C21H31N3O2. The van der Waals surface area contributed by atoms with Crippen LogP contribution in [0.4, 0.5) is 0 Å². The van der Waals surface area contributed by atoms with Crippen molar-refractivity contribution in [2.75, 3.05) is 33.2 Å². The maximum atomic E-state index is 12.8. The van der Waals surface area contributed by atoms with Gasteiger partial charge in [-0.05, 0) is 48.9 Å². The third kappa shape index (κ3) is 4.09. The monoisotopic (exact) mass is 357 g/mol. The van der Waals surface area contributed by atoms with Gasteiger partial charge in [-0.3, -0.25) is 9.59 Å². The summed E-state index contributed by atoms with van der Waals surface area (Å²) >= 11 is 0. The third-order valence-electron chi connectivity index (χ3n) is 5.93. The molecule has 0 radical (unpaired) electrons. The van der Waals surface area contributed by atoms with E-state index in [1.165, 1.54) is 6.42 Å². The minimum atomic E-state index is -0.00156. The van der Waals surface area contributed by atoms with E-state index in [0.717, 1.165) is 50.1 Å². The van der Waals surface area contributed by atoms with Gasteiger partial charge in [0.1, 0.15) is 0 Å². The fraction of sp³-hybridized carbons (Fsp3) is 0.619. The lowest BCUT2D eigenvalue weighted by Gasteiger charge is -2.38. The van der Waals surface area contributed by atoms with Crippen molar-refractivity contribution in [3.05, 3.63) is 35.4 Å².